The molecule has 0 saturated heterocycles. The van der Waals surface area contributed by atoms with Crippen molar-refractivity contribution in [2.45, 2.75) is 176 Å². The van der Waals surface area contributed by atoms with Gasteiger partial charge in [0, 0.05) is 0 Å². The average Bonchev–Trinajstić information content (AvgIpc) is 3.32. The Morgan fingerprint density at radius 1 is 0.500 bits per heavy atom. The number of benzene rings is 4. The van der Waals surface area contributed by atoms with Crippen LogP contribution in [0.5, 0.6) is 11.5 Å². The first-order chi connectivity index (χ1) is 30.4. The van der Waals surface area contributed by atoms with Crippen molar-refractivity contribution in [3.05, 3.63) is 120 Å². The van der Waals surface area contributed by atoms with Crippen molar-refractivity contribution in [2.75, 3.05) is 20.6 Å². The van der Waals surface area contributed by atoms with Crippen molar-refractivity contribution >= 4 is 43.9 Å². The van der Waals surface area contributed by atoms with Crippen molar-refractivity contribution < 1.29 is 9.47 Å². The van der Waals surface area contributed by atoms with E-state index in [1.54, 1.807) is 7.16 Å². The van der Waals surface area contributed by atoms with Crippen molar-refractivity contribution in [3.63, 3.8) is 0 Å². The molecule has 0 aliphatic heterocycles. The second-order valence-electron chi connectivity index (χ2n) is 18.5. The van der Waals surface area contributed by atoms with Crippen molar-refractivity contribution in [2.24, 2.45) is 0 Å². The van der Waals surface area contributed by atoms with E-state index in [9.17, 15) is 0 Å². The average molecular weight is 1060 g/mol. The maximum absolute atomic E-state index is 8.02. The Balaban J connectivity index is 1.94. The summed E-state index contributed by atoms with van der Waals surface area (Å²) in [6, 6.07) is 41.0. The Kier molecular flexibility index (Phi) is 24.5. The van der Waals surface area contributed by atoms with E-state index in [1.807, 2.05) is 0 Å². The number of nitrogens with one attached hydrogen (secondary N) is 2. The van der Waals surface area contributed by atoms with Gasteiger partial charge in [0.1, 0.15) is 0 Å². The molecule has 4 aromatic carbocycles. The van der Waals surface area contributed by atoms with Gasteiger partial charge < -0.3 is 0 Å². The van der Waals surface area contributed by atoms with Crippen molar-refractivity contribution in [1.29, 1.82) is 0 Å². The third-order valence-corrected chi connectivity index (χ3v) is 45.4. The number of hydrogen-bond donors (Lipinski definition) is 2. The predicted octanol–water partition coefficient (Wildman–Crippen LogP) is 14.5. The molecule has 62 heavy (non-hydrogen) atoms. The first-order valence-electron chi connectivity index (χ1n) is 25.3. The van der Waals surface area contributed by atoms with Crippen LogP contribution in [0, 0.1) is 0 Å². The molecule has 0 heterocycles. The van der Waals surface area contributed by atoms with E-state index in [-0.39, 0.29) is 12.1 Å². The Morgan fingerprint density at radius 2 is 0.903 bits per heavy atom. The summed E-state index contributed by atoms with van der Waals surface area (Å²) in [5.41, 5.74) is 1.78. The number of ether oxygens (including phenoxy) is 2. The van der Waals surface area contributed by atoms with Crippen LogP contribution >= 0.6 is 0 Å². The summed E-state index contributed by atoms with van der Waals surface area (Å²) in [5, 5.41) is 7.51. The summed E-state index contributed by atoms with van der Waals surface area (Å²) in [6.07, 6.45) is 16.9. The normalized spacial score (nSPS) is 14.0. The van der Waals surface area contributed by atoms with Gasteiger partial charge in [-0.3, -0.25) is 0 Å². The van der Waals surface area contributed by atoms with Crippen molar-refractivity contribution in [1.82, 2.24) is 10.6 Å². The third-order valence-electron chi connectivity index (χ3n) is 14.1. The van der Waals surface area contributed by atoms with Crippen LogP contribution in [-0.4, -0.2) is 63.4 Å². The fourth-order valence-corrected chi connectivity index (χ4v) is 43.3. The Morgan fingerprint density at radius 3 is 1.34 bits per heavy atom. The number of likely N-dealkylation sites (N-methyl/N-ethyl adjacent to an activating group) is 1. The molecule has 0 bridgehead atoms. The summed E-state index contributed by atoms with van der Waals surface area (Å²) in [7, 11) is 4.24. The molecule has 0 aliphatic carbocycles. The standard InChI is InChI=1S/C32H34N2O2.6C4H9.2Sn/c1-33-24-23-32(27-17-9-4-10-18-27,36-29-21-13-6-14-22-29)31(34-2)25-30(26-15-7-3-8-16-26)35-28-19-11-5-12-20-28;6*1-3-4-2;;/h3-19,21,30-31,33-34H,23-25H2,1-2H3;6*1,3-4H2,2H3;;. The van der Waals surface area contributed by atoms with Crippen LogP contribution in [-0.2, 0) is 5.60 Å². The molecule has 4 rings (SSSR count). The van der Waals surface area contributed by atoms with Crippen LogP contribution in [0.25, 0.3) is 0 Å². The van der Waals surface area contributed by atoms with Crippen LogP contribution in [0.15, 0.2) is 109 Å². The minimum atomic E-state index is -2.95. The Bertz CT molecular complexity index is 1730. The molecular formula is C56H88N2O2Sn2. The van der Waals surface area contributed by atoms with Crippen LogP contribution < -0.4 is 27.3 Å². The maximum atomic E-state index is 8.02. The molecule has 0 aromatic heterocycles. The van der Waals surface area contributed by atoms with Crippen molar-refractivity contribution in [3.8, 4) is 11.5 Å². The van der Waals surface area contributed by atoms with Crippen LogP contribution in [0.3, 0.4) is 0 Å². The van der Waals surface area contributed by atoms with E-state index in [0.29, 0.717) is 0 Å². The first-order valence-corrected chi connectivity index (χ1v) is 40.3. The van der Waals surface area contributed by atoms with E-state index in [2.05, 4.69) is 175 Å². The van der Waals surface area contributed by atoms with Gasteiger partial charge in [-0.05, 0) is 0 Å². The number of unbranched alkanes of at least 4 members (excludes halogenated alkanes) is 6. The summed E-state index contributed by atoms with van der Waals surface area (Å²) in [6.45, 7) is 15.1. The molecule has 4 nitrogen and oxygen atoms in total. The molecule has 2 N–H and O–H groups in total. The zero-order valence-electron chi connectivity index (χ0n) is 40.7. The SMILES string of the molecule is CCC[CH2][Sn]([CH2]CCC)([CH2]CCC)[c]1ccccc1OC(CC(NC)C(CCNC)(Oc1cccc[c]1[Sn]([CH2]CCC)([CH2]CCC)[CH2]CCC)c1ccccc1)c1ccccc1. The molecule has 6 heteroatoms. The van der Waals surface area contributed by atoms with Gasteiger partial charge in [-0.25, -0.2) is 0 Å². The van der Waals surface area contributed by atoms with E-state index in [4.69, 9.17) is 9.47 Å². The molecule has 4 aromatic rings. The van der Waals surface area contributed by atoms with Gasteiger partial charge in [-0.2, -0.15) is 0 Å². The summed E-state index contributed by atoms with van der Waals surface area (Å²) in [4.78, 5) is 0. The van der Waals surface area contributed by atoms with Gasteiger partial charge in [0.15, 0.2) is 0 Å². The third kappa shape index (κ3) is 14.5. The van der Waals surface area contributed by atoms with E-state index in [0.717, 1.165) is 30.9 Å². The van der Waals surface area contributed by atoms with E-state index >= 15 is 0 Å². The number of hydrogen-bond acceptors (Lipinski definition) is 4. The van der Waals surface area contributed by atoms with Gasteiger partial charge in [-0.15, -0.1) is 0 Å². The molecule has 342 valence electrons. The summed E-state index contributed by atoms with van der Waals surface area (Å²) >= 11 is -5.83. The monoisotopic (exact) mass is 1060 g/mol. The molecule has 0 amide bonds. The quantitative estimate of drug-likeness (QED) is 0.0467. The van der Waals surface area contributed by atoms with Crippen LogP contribution in [0.2, 0.25) is 26.6 Å². The second kappa shape index (κ2) is 28.8. The topological polar surface area (TPSA) is 42.5 Å². The van der Waals surface area contributed by atoms with Crippen LogP contribution in [0.4, 0.5) is 0 Å². The molecular weight excluding hydrogens is 970 g/mol. The molecule has 0 fully saturated rings. The molecule has 3 atom stereocenters. The summed E-state index contributed by atoms with van der Waals surface area (Å²) in [5.74, 6) is 2.28. The molecule has 0 spiro atoms. The molecule has 0 aliphatic rings. The molecule has 0 radical (unpaired) electrons. The van der Waals surface area contributed by atoms with E-state index in [1.165, 1.54) is 115 Å². The Hall–Kier alpha value is -2.00. The first kappa shape index (κ1) is 52.6. The predicted molar refractivity (Wildman–Crippen MR) is 277 cm³/mol. The zero-order valence-corrected chi connectivity index (χ0v) is 46.4. The van der Waals surface area contributed by atoms with Gasteiger partial charge in [0.05, 0.1) is 0 Å². The number of rotatable bonds is 33. The second-order valence-corrected chi connectivity index (χ2v) is 44.7. The minimum absolute atomic E-state index is 0.0660. The molecule has 0 saturated carbocycles. The fourth-order valence-electron chi connectivity index (χ4n) is 10.4. The van der Waals surface area contributed by atoms with Gasteiger partial charge in [-0.1, -0.05) is 0 Å². The van der Waals surface area contributed by atoms with Crippen LogP contribution in [0.1, 0.15) is 149 Å². The van der Waals surface area contributed by atoms with Gasteiger partial charge in [0.25, 0.3) is 0 Å². The number of para-hydroxylation sites is 2. The van der Waals surface area contributed by atoms with Gasteiger partial charge in [0.2, 0.25) is 0 Å². The summed E-state index contributed by atoms with van der Waals surface area (Å²) < 4.78 is 27.4. The van der Waals surface area contributed by atoms with E-state index < -0.39 is 42.4 Å². The fraction of sp³-hybridized carbons (Fsp3) is 0.571. The molecule has 3 unspecified atom stereocenters. The zero-order chi connectivity index (χ0) is 44.5. The Labute approximate surface area is 389 Å². The van der Waals surface area contributed by atoms with Gasteiger partial charge >= 0.3 is 392 Å².